The zero-order valence-electron chi connectivity index (χ0n) is 8.92. The van der Waals surface area contributed by atoms with Crippen LogP contribution in [0.3, 0.4) is 0 Å². The van der Waals surface area contributed by atoms with E-state index in [1.807, 2.05) is 36.4 Å². The van der Waals surface area contributed by atoms with Gasteiger partial charge in [0.2, 0.25) is 0 Å². The van der Waals surface area contributed by atoms with Crippen LogP contribution in [0.25, 0.3) is 0 Å². The number of aliphatic carboxylic acids is 1. The van der Waals surface area contributed by atoms with E-state index < -0.39 is 5.97 Å². The number of benzene rings is 1. The van der Waals surface area contributed by atoms with Crippen molar-refractivity contribution in [1.29, 1.82) is 0 Å². The molecule has 0 fully saturated rings. The van der Waals surface area contributed by atoms with Crippen molar-refractivity contribution in [3.8, 4) is 0 Å². The summed E-state index contributed by atoms with van der Waals surface area (Å²) in [7, 11) is 0. The highest BCUT2D eigenvalue weighted by Gasteiger charge is 2.18. The van der Waals surface area contributed by atoms with Crippen LogP contribution in [0, 0.1) is 0 Å². The lowest BCUT2D eigenvalue weighted by Gasteiger charge is -2.11. The normalized spacial score (nSPS) is 23.4. The minimum atomic E-state index is -0.964. The van der Waals surface area contributed by atoms with Crippen molar-refractivity contribution in [2.24, 2.45) is 0 Å². The maximum atomic E-state index is 10.4. The first kappa shape index (κ1) is 12.1. The Morgan fingerprint density at radius 1 is 1.29 bits per heavy atom. The second kappa shape index (κ2) is 5.29. The number of hydrogen-bond donors (Lipinski definition) is 1. The van der Waals surface area contributed by atoms with Crippen LogP contribution in [0.1, 0.15) is 11.7 Å². The summed E-state index contributed by atoms with van der Waals surface area (Å²) in [6.07, 6.45) is 6.04. The van der Waals surface area contributed by atoms with Crippen molar-refractivity contribution in [3.05, 3.63) is 58.6 Å². The molecule has 0 saturated heterocycles. The Morgan fingerprint density at radius 2 is 2.00 bits per heavy atom. The van der Waals surface area contributed by atoms with Crippen molar-refractivity contribution >= 4 is 21.9 Å². The molecule has 1 aliphatic rings. The zero-order valence-corrected chi connectivity index (χ0v) is 10.5. The summed E-state index contributed by atoms with van der Waals surface area (Å²) >= 11 is 3.37. The molecule has 0 aromatic heterocycles. The summed E-state index contributed by atoms with van der Waals surface area (Å²) in [5, 5.41) is 8.52. The van der Waals surface area contributed by atoms with Gasteiger partial charge < -0.3 is 9.84 Å². The fourth-order valence-electron chi connectivity index (χ4n) is 1.60. The van der Waals surface area contributed by atoms with Gasteiger partial charge in [-0.15, -0.1) is 0 Å². The number of carboxylic acid groups (broad SMARTS) is 1. The fourth-order valence-corrected chi connectivity index (χ4v) is 1.86. The molecular formula is C13H11BrO3. The number of carbonyl (C=O) groups is 1. The Bertz CT molecular complexity index is 462. The SMILES string of the molecule is O=C(O)/C=C/C1C=CC(c2ccc(Br)cc2)O1. The van der Waals surface area contributed by atoms with Crippen molar-refractivity contribution < 1.29 is 14.6 Å². The molecule has 3 nitrogen and oxygen atoms in total. The van der Waals surface area contributed by atoms with Crippen LogP contribution >= 0.6 is 15.9 Å². The number of carboxylic acids is 1. The van der Waals surface area contributed by atoms with Crippen molar-refractivity contribution in [2.45, 2.75) is 12.2 Å². The Kier molecular flexibility index (Phi) is 3.76. The molecule has 1 aromatic rings. The van der Waals surface area contributed by atoms with Gasteiger partial charge in [0.05, 0.1) is 6.10 Å². The van der Waals surface area contributed by atoms with Crippen LogP contribution < -0.4 is 0 Å². The van der Waals surface area contributed by atoms with E-state index in [0.717, 1.165) is 16.1 Å². The molecule has 2 atom stereocenters. The van der Waals surface area contributed by atoms with E-state index in [0.29, 0.717) is 0 Å². The highest BCUT2D eigenvalue weighted by Crippen LogP contribution is 2.28. The average Bonchev–Trinajstić information content (AvgIpc) is 2.76. The summed E-state index contributed by atoms with van der Waals surface area (Å²) in [5.41, 5.74) is 1.05. The van der Waals surface area contributed by atoms with Crippen LogP contribution in [-0.2, 0) is 9.53 Å². The number of hydrogen-bond acceptors (Lipinski definition) is 2. The van der Waals surface area contributed by atoms with Crippen molar-refractivity contribution in [1.82, 2.24) is 0 Å². The quantitative estimate of drug-likeness (QED) is 0.688. The Morgan fingerprint density at radius 3 is 2.65 bits per heavy atom. The number of rotatable bonds is 3. The molecule has 88 valence electrons. The molecule has 1 aliphatic heterocycles. The second-order valence-electron chi connectivity index (χ2n) is 3.66. The molecule has 0 bridgehead atoms. The lowest BCUT2D eigenvalue weighted by Crippen LogP contribution is -2.05. The molecule has 4 heteroatoms. The Balaban J connectivity index is 2.01. The Labute approximate surface area is 108 Å². The van der Waals surface area contributed by atoms with E-state index in [-0.39, 0.29) is 12.2 Å². The smallest absolute Gasteiger partial charge is 0.328 e. The molecule has 1 N–H and O–H groups in total. The third-order valence-corrected chi connectivity index (χ3v) is 2.94. The van der Waals surface area contributed by atoms with E-state index in [1.54, 1.807) is 0 Å². The van der Waals surface area contributed by atoms with Crippen LogP contribution in [0.2, 0.25) is 0 Å². The van der Waals surface area contributed by atoms with Gasteiger partial charge in [0.1, 0.15) is 6.10 Å². The van der Waals surface area contributed by atoms with Gasteiger partial charge in [-0.1, -0.05) is 40.2 Å². The average molecular weight is 295 g/mol. The fraction of sp³-hybridized carbons (Fsp3) is 0.154. The van der Waals surface area contributed by atoms with Gasteiger partial charge >= 0.3 is 5.97 Å². The highest BCUT2D eigenvalue weighted by molar-refractivity contribution is 9.10. The minimum Gasteiger partial charge on any atom is -0.478 e. The zero-order chi connectivity index (χ0) is 12.3. The van der Waals surface area contributed by atoms with Gasteiger partial charge in [-0.2, -0.15) is 0 Å². The van der Waals surface area contributed by atoms with E-state index in [2.05, 4.69) is 15.9 Å². The molecule has 17 heavy (non-hydrogen) atoms. The molecule has 2 rings (SSSR count). The lowest BCUT2D eigenvalue weighted by atomic mass is 10.1. The first-order chi connectivity index (χ1) is 8.15. The molecule has 2 unspecified atom stereocenters. The standard InChI is InChI=1S/C13H11BrO3/c14-10-3-1-9(2-4-10)12-7-5-11(17-12)6-8-13(15)16/h1-8,11-12H,(H,15,16)/b8-6+. The molecule has 1 aromatic carbocycles. The van der Waals surface area contributed by atoms with Crippen molar-refractivity contribution in [2.75, 3.05) is 0 Å². The summed E-state index contributed by atoms with van der Waals surface area (Å²) in [6.45, 7) is 0. The molecule has 0 spiro atoms. The van der Waals surface area contributed by atoms with E-state index >= 15 is 0 Å². The van der Waals surface area contributed by atoms with Gasteiger partial charge in [0, 0.05) is 10.5 Å². The molecular weight excluding hydrogens is 284 g/mol. The molecule has 0 radical (unpaired) electrons. The largest absolute Gasteiger partial charge is 0.478 e. The summed E-state index contributed by atoms with van der Waals surface area (Å²) < 4.78 is 6.68. The number of halogens is 1. The van der Waals surface area contributed by atoms with Gasteiger partial charge in [0.25, 0.3) is 0 Å². The maximum absolute atomic E-state index is 10.4. The Hall–Kier alpha value is -1.39. The van der Waals surface area contributed by atoms with Crippen LogP contribution in [0.4, 0.5) is 0 Å². The van der Waals surface area contributed by atoms with Gasteiger partial charge in [-0.3, -0.25) is 0 Å². The first-order valence-corrected chi connectivity index (χ1v) is 5.95. The first-order valence-electron chi connectivity index (χ1n) is 5.15. The third-order valence-electron chi connectivity index (χ3n) is 2.41. The molecule has 0 aliphatic carbocycles. The predicted molar refractivity (Wildman–Crippen MR) is 67.7 cm³/mol. The van der Waals surface area contributed by atoms with Crippen molar-refractivity contribution in [3.63, 3.8) is 0 Å². The van der Waals surface area contributed by atoms with Crippen LogP contribution in [0.15, 0.2) is 53.0 Å². The molecule has 0 saturated carbocycles. The van der Waals surface area contributed by atoms with E-state index in [4.69, 9.17) is 9.84 Å². The molecule has 0 amide bonds. The minimum absolute atomic E-state index is 0.105. The monoisotopic (exact) mass is 294 g/mol. The summed E-state index contributed by atoms with van der Waals surface area (Å²) in [5.74, 6) is -0.964. The second-order valence-corrected chi connectivity index (χ2v) is 4.57. The van der Waals surface area contributed by atoms with E-state index in [9.17, 15) is 4.79 Å². The molecule has 1 heterocycles. The van der Waals surface area contributed by atoms with E-state index in [1.165, 1.54) is 6.08 Å². The van der Waals surface area contributed by atoms with Crippen LogP contribution in [-0.4, -0.2) is 17.2 Å². The predicted octanol–water partition coefficient (Wildman–Crippen LogP) is 3.09. The summed E-state index contributed by atoms with van der Waals surface area (Å²) in [6, 6.07) is 7.85. The van der Waals surface area contributed by atoms with Gasteiger partial charge in [-0.25, -0.2) is 4.79 Å². The van der Waals surface area contributed by atoms with Crippen LogP contribution in [0.5, 0.6) is 0 Å². The number of ether oxygens (including phenoxy) is 1. The van der Waals surface area contributed by atoms with Gasteiger partial charge in [-0.05, 0) is 23.8 Å². The summed E-state index contributed by atoms with van der Waals surface area (Å²) in [4.78, 5) is 10.4. The highest BCUT2D eigenvalue weighted by atomic mass is 79.9. The topological polar surface area (TPSA) is 46.5 Å². The third kappa shape index (κ3) is 3.28. The maximum Gasteiger partial charge on any atom is 0.328 e. The van der Waals surface area contributed by atoms with Gasteiger partial charge in [0.15, 0.2) is 0 Å². The lowest BCUT2D eigenvalue weighted by molar-refractivity contribution is -0.131.